The van der Waals surface area contributed by atoms with Crippen molar-refractivity contribution in [3.05, 3.63) is 164 Å². The Hall–Kier alpha value is -3.82. The first-order valence-electron chi connectivity index (χ1n) is 20.3. The summed E-state index contributed by atoms with van der Waals surface area (Å²) in [6, 6.07) is 39.7. The third-order valence-electron chi connectivity index (χ3n) is 11.6. The van der Waals surface area contributed by atoms with Crippen LogP contribution < -0.4 is 31.8 Å². The molecule has 0 spiro atoms. The Morgan fingerprint density at radius 1 is 0.315 bits per heavy atom. The molecular weight excluding hydrogens is 687 g/mol. The minimum atomic E-state index is -0.837. The quantitative estimate of drug-likeness (QED) is 0.143. The lowest BCUT2D eigenvalue weighted by Gasteiger charge is -2.33. The predicted octanol–water partition coefficient (Wildman–Crippen LogP) is 11.1. The molecular formula is C52H56P2. The van der Waals surface area contributed by atoms with Gasteiger partial charge in [0.2, 0.25) is 0 Å². The molecule has 54 heavy (non-hydrogen) atoms. The van der Waals surface area contributed by atoms with E-state index in [4.69, 9.17) is 0 Å². The van der Waals surface area contributed by atoms with Crippen LogP contribution in [0.25, 0.3) is 11.1 Å². The lowest BCUT2D eigenvalue weighted by atomic mass is 9.81. The molecule has 2 aliphatic carbocycles. The maximum Gasteiger partial charge on any atom is -0.00559 e. The Kier molecular flexibility index (Phi) is 10.6. The van der Waals surface area contributed by atoms with Gasteiger partial charge in [-0.15, -0.1) is 0 Å². The van der Waals surface area contributed by atoms with Crippen molar-refractivity contribution in [1.82, 2.24) is 0 Å². The Bertz CT molecular complexity index is 2040. The molecule has 274 valence electrons. The van der Waals surface area contributed by atoms with Crippen molar-refractivity contribution in [3.8, 4) is 11.1 Å². The maximum atomic E-state index is 2.60. The number of fused-ring (bicyclic) bond motifs is 2. The Morgan fingerprint density at radius 3 is 0.852 bits per heavy atom. The smallest absolute Gasteiger partial charge is 0.00559 e. The fraction of sp³-hybridized carbons (Fsp3) is 0.308. The highest BCUT2D eigenvalue weighted by molar-refractivity contribution is 7.80. The van der Waals surface area contributed by atoms with Crippen LogP contribution in [0, 0.1) is 55.4 Å². The van der Waals surface area contributed by atoms with E-state index in [0.717, 1.165) is 12.8 Å². The van der Waals surface area contributed by atoms with Crippen LogP contribution in [0.15, 0.2) is 97.1 Å². The van der Waals surface area contributed by atoms with Gasteiger partial charge in [-0.25, -0.2) is 0 Å². The molecule has 0 nitrogen and oxygen atoms in total. The summed E-state index contributed by atoms with van der Waals surface area (Å²) in [6.07, 6.45) is 9.79. The van der Waals surface area contributed by atoms with Crippen LogP contribution in [0.4, 0.5) is 0 Å². The van der Waals surface area contributed by atoms with Gasteiger partial charge in [0, 0.05) is 0 Å². The van der Waals surface area contributed by atoms with Crippen LogP contribution in [0.5, 0.6) is 0 Å². The summed E-state index contributed by atoms with van der Waals surface area (Å²) in [5, 5.41) is 9.00. The first-order chi connectivity index (χ1) is 26.0. The Morgan fingerprint density at radius 2 is 0.574 bits per heavy atom. The number of rotatable bonds is 7. The average Bonchev–Trinajstić information content (AvgIpc) is 3.10. The number of benzene rings is 6. The maximum absolute atomic E-state index is 2.60. The summed E-state index contributed by atoms with van der Waals surface area (Å²) < 4.78 is 0. The number of hydrogen-bond donors (Lipinski definition) is 0. The molecule has 0 aliphatic heterocycles. The molecule has 0 N–H and O–H groups in total. The van der Waals surface area contributed by atoms with Crippen LogP contribution in [-0.2, 0) is 25.7 Å². The van der Waals surface area contributed by atoms with Crippen molar-refractivity contribution in [2.24, 2.45) is 0 Å². The molecule has 0 fully saturated rings. The van der Waals surface area contributed by atoms with Gasteiger partial charge in [0.05, 0.1) is 0 Å². The largest absolute Gasteiger partial charge is 0.0581 e. The van der Waals surface area contributed by atoms with Crippen LogP contribution in [-0.4, -0.2) is 0 Å². The van der Waals surface area contributed by atoms with Crippen molar-refractivity contribution in [2.75, 3.05) is 0 Å². The predicted molar refractivity (Wildman–Crippen MR) is 240 cm³/mol. The molecule has 2 aliphatic rings. The highest BCUT2D eigenvalue weighted by atomic mass is 31.1. The normalized spacial score (nSPS) is 14.0. The average molecular weight is 743 g/mol. The van der Waals surface area contributed by atoms with Crippen molar-refractivity contribution in [3.63, 3.8) is 0 Å². The summed E-state index contributed by atoms with van der Waals surface area (Å²) >= 11 is 0. The van der Waals surface area contributed by atoms with E-state index in [1.54, 1.807) is 44.0 Å². The molecule has 0 radical (unpaired) electrons. The molecule has 0 saturated heterocycles. The summed E-state index contributed by atoms with van der Waals surface area (Å²) in [7, 11) is -1.67. The summed E-state index contributed by atoms with van der Waals surface area (Å²) in [6.45, 7) is 18.3. The second-order valence-corrected chi connectivity index (χ2v) is 21.0. The molecule has 6 aromatic rings. The SMILES string of the molecule is Cc1cc(C)cc(P(c2cc(C)cc(C)c2)c2ccc3c(c2-c2c(P(c4cc(C)cc(C)c4)c4cc(C)cc(C)c4)ccc4c2CCCC4)CCCC3)c1. The molecule has 0 aromatic heterocycles. The van der Waals surface area contributed by atoms with E-state index >= 15 is 0 Å². The lowest BCUT2D eigenvalue weighted by Crippen LogP contribution is -2.29. The minimum Gasteiger partial charge on any atom is -0.0581 e. The Balaban J connectivity index is 1.52. The van der Waals surface area contributed by atoms with E-state index < -0.39 is 15.8 Å². The molecule has 0 atom stereocenters. The highest BCUT2D eigenvalue weighted by Gasteiger charge is 2.32. The molecule has 0 heterocycles. The van der Waals surface area contributed by atoms with Gasteiger partial charge < -0.3 is 0 Å². The van der Waals surface area contributed by atoms with E-state index in [2.05, 4.69) is 152 Å². The zero-order valence-corrected chi connectivity index (χ0v) is 35.6. The van der Waals surface area contributed by atoms with Crippen molar-refractivity contribution < 1.29 is 0 Å². The monoisotopic (exact) mass is 742 g/mol. The molecule has 0 saturated carbocycles. The van der Waals surface area contributed by atoms with Gasteiger partial charge in [0.1, 0.15) is 0 Å². The second kappa shape index (κ2) is 15.4. The molecule has 0 bridgehead atoms. The van der Waals surface area contributed by atoms with Crippen molar-refractivity contribution in [2.45, 2.75) is 107 Å². The van der Waals surface area contributed by atoms with Crippen molar-refractivity contribution in [1.29, 1.82) is 0 Å². The fourth-order valence-electron chi connectivity index (χ4n) is 9.74. The second-order valence-electron chi connectivity index (χ2n) is 16.7. The molecule has 2 heteroatoms. The lowest BCUT2D eigenvalue weighted by molar-refractivity contribution is 0.682. The van der Waals surface area contributed by atoms with Crippen LogP contribution in [0.2, 0.25) is 0 Å². The third kappa shape index (κ3) is 7.43. The van der Waals surface area contributed by atoms with Crippen molar-refractivity contribution >= 4 is 47.7 Å². The number of aryl methyl sites for hydroxylation is 10. The first-order valence-corrected chi connectivity index (χ1v) is 22.9. The third-order valence-corrected chi connectivity index (χ3v) is 16.4. The van der Waals surface area contributed by atoms with Gasteiger partial charge in [-0.05, 0) is 188 Å². The van der Waals surface area contributed by atoms with Gasteiger partial charge >= 0.3 is 0 Å². The van der Waals surface area contributed by atoms with E-state index in [0.29, 0.717) is 0 Å². The molecule has 8 rings (SSSR count). The summed E-state index contributed by atoms with van der Waals surface area (Å²) in [4.78, 5) is 0. The van der Waals surface area contributed by atoms with E-state index in [-0.39, 0.29) is 0 Å². The summed E-state index contributed by atoms with van der Waals surface area (Å²) in [5.41, 5.74) is 20.4. The van der Waals surface area contributed by atoms with E-state index in [9.17, 15) is 0 Å². The van der Waals surface area contributed by atoms with Crippen LogP contribution in [0.3, 0.4) is 0 Å². The van der Waals surface area contributed by atoms with Gasteiger partial charge in [-0.2, -0.15) is 0 Å². The highest BCUT2D eigenvalue weighted by Crippen LogP contribution is 2.47. The standard InChI is InChI=1S/C52H56P2/c1-33-21-34(2)26-43(25-33)53(44-27-35(3)22-36(4)28-44)49-19-17-41-13-9-11-15-47(41)51(49)52-48-16-12-10-14-42(48)18-20-50(52)54(45-29-37(5)23-38(6)30-45)46-31-39(7)24-40(8)32-46/h17-32H,9-16H2,1-8H3. The zero-order chi connectivity index (χ0) is 37.7. The Labute approximate surface area is 328 Å². The zero-order valence-electron chi connectivity index (χ0n) is 33.8. The van der Waals surface area contributed by atoms with Crippen LogP contribution >= 0.6 is 15.8 Å². The molecule has 0 amide bonds. The topological polar surface area (TPSA) is 0 Å². The van der Waals surface area contributed by atoms with Gasteiger partial charge in [0.25, 0.3) is 0 Å². The minimum absolute atomic E-state index is 0.837. The van der Waals surface area contributed by atoms with E-state index in [1.165, 1.54) is 104 Å². The fourth-order valence-corrected chi connectivity index (χ4v) is 15.5. The van der Waals surface area contributed by atoms with Gasteiger partial charge in [-0.3, -0.25) is 0 Å². The van der Waals surface area contributed by atoms with Crippen LogP contribution in [0.1, 0.15) is 92.4 Å². The molecule has 6 aromatic carbocycles. The summed E-state index contributed by atoms with van der Waals surface area (Å²) in [5.74, 6) is 0. The van der Waals surface area contributed by atoms with Gasteiger partial charge in [-0.1, -0.05) is 142 Å². The molecule has 0 unspecified atom stereocenters. The van der Waals surface area contributed by atoms with Gasteiger partial charge in [0.15, 0.2) is 0 Å². The van der Waals surface area contributed by atoms with E-state index in [1.807, 2.05) is 0 Å². The number of hydrogen-bond acceptors (Lipinski definition) is 0. The first kappa shape index (κ1) is 37.1.